The largest absolute Gasteiger partial charge is 0.337 e. The lowest BCUT2D eigenvalue weighted by atomic mass is 10.2. The van der Waals surface area contributed by atoms with Crippen LogP contribution >= 0.6 is 11.8 Å². The first-order valence-corrected chi connectivity index (χ1v) is 8.46. The van der Waals surface area contributed by atoms with Crippen molar-refractivity contribution >= 4 is 17.8 Å². The van der Waals surface area contributed by atoms with E-state index < -0.39 is 0 Å². The molecule has 1 heterocycles. The van der Waals surface area contributed by atoms with Gasteiger partial charge in [0.25, 0.3) is 0 Å². The minimum atomic E-state index is 0.102. The molecule has 2 rings (SSSR count). The lowest BCUT2D eigenvalue weighted by Crippen LogP contribution is -2.39. The molecule has 0 radical (unpaired) electrons. The number of benzene rings is 1. The van der Waals surface area contributed by atoms with Crippen LogP contribution in [0.15, 0.2) is 24.3 Å². The summed E-state index contributed by atoms with van der Waals surface area (Å²) in [6.07, 6.45) is 1.13. The Bertz CT molecular complexity index is 433. The van der Waals surface area contributed by atoms with Crippen LogP contribution in [-0.4, -0.2) is 36.3 Å². The summed E-state index contributed by atoms with van der Waals surface area (Å²) in [5.41, 5.74) is 2.64. The van der Waals surface area contributed by atoms with Gasteiger partial charge in [0.2, 0.25) is 0 Å². The molecule has 1 aliphatic rings. The fourth-order valence-corrected chi connectivity index (χ4v) is 3.15. The van der Waals surface area contributed by atoms with Crippen molar-refractivity contribution in [2.45, 2.75) is 26.0 Å². The first-order valence-electron chi connectivity index (χ1n) is 7.31. The van der Waals surface area contributed by atoms with E-state index in [9.17, 15) is 4.79 Å². The first-order chi connectivity index (χ1) is 9.65. The van der Waals surface area contributed by atoms with Crippen LogP contribution in [-0.2, 0) is 5.75 Å². The molecule has 0 aliphatic carbocycles. The normalized spacial score (nSPS) is 18.3. The molecule has 0 spiro atoms. The molecule has 110 valence electrons. The smallest absolute Gasteiger partial charge is 0.317 e. The number of nitrogens with zero attached hydrogens (tertiary/aromatic N) is 1. The molecule has 1 N–H and O–H groups in total. The SMILES string of the molecule is Cc1ccc(CSCCNC(=O)N2CCC(C)C2)cc1. The molecule has 1 aliphatic heterocycles. The molecule has 1 aromatic rings. The van der Waals surface area contributed by atoms with E-state index in [0.717, 1.165) is 37.6 Å². The summed E-state index contributed by atoms with van der Waals surface area (Å²) in [5.74, 6) is 2.62. The van der Waals surface area contributed by atoms with Crippen molar-refractivity contribution in [3.63, 3.8) is 0 Å². The summed E-state index contributed by atoms with van der Waals surface area (Å²) in [7, 11) is 0. The summed E-state index contributed by atoms with van der Waals surface area (Å²) in [4.78, 5) is 13.8. The minimum Gasteiger partial charge on any atom is -0.337 e. The van der Waals surface area contributed by atoms with Crippen LogP contribution in [0, 0.1) is 12.8 Å². The van der Waals surface area contributed by atoms with Crippen LogP contribution in [0.25, 0.3) is 0 Å². The number of likely N-dealkylation sites (tertiary alicyclic amines) is 1. The zero-order chi connectivity index (χ0) is 14.4. The highest BCUT2D eigenvalue weighted by atomic mass is 32.2. The maximum Gasteiger partial charge on any atom is 0.317 e. The van der Waals surface area contributed by atoms with Gasteiger partial charge in [-0.2, -0.15) is 11.8 Å². The second kappa shape index (κ2) is 7.58. The molecule has 0 saturated carbocycles. The van der Waals surface area contributed by atoms with Crippen molar-refractivity contribution in [1.82, 2.24) is 10.2 Å². The Morgan fingerprint density at radius 1 is 1.40 bits per heavy atom. The van der Waals surface area contributed by atoms with Gasteiger partial charge in [-0.15, -0.1) is 0 Å². The lowest BCUT2D eigenvalue weighted by Gasteiger charge is -2.16. The second-order valence-corrected chi connectivity index (χ2v) is 6.72. The Morgan fingerprint density at radius 2 is 2.15 bits per heavy atom. The number of rotatable bonds is 5. The van der Waals surface area contributed by atoms with Crippen LogP contribution in [0.5, 0.6) is 0 Å². The van der Waals surface area contributed by atoms with Crippen molar-refractivity contribution in [1.29, 1.82) is 0 Å². The van der Waals surface area contributed by atoms with E-state index in [2.05, 4.69) is 43.4 Å². The number of thioether (sulfide) groups is 1. The molecular weight excluding hydrogens is 268 g/mol. The van der Waals surface area contributed by atoms with E-state index >= 15 is 0 Å². The number of urea groups is 1. The van der Waals surface area contributed by atoms with E-state index in [1.807, 2.05) is 16.7 Å². The van der Waals surface area contributed by atoms with Gasteiger partial charge < -0.3 is 10.2 Å². The monoisotopic (exact) mass is 292 g/mol. The van der Waals surface area contributed by atoms with Gasteiger partial charge in [0.1, 0.15) is 0 Å². The summed E-state index contributed by atoms with van der Waals surface area (Å²) >= 11 is 1.86. The molecule has 3 nitrogen and oxygen atoms in total. The van der Waals surface area contributed by atoms with Crippen molar-refractivity contribution < 1.29 is 4.79 Å². The number of hydrogen-bond acceptors (Lipinski definition) is 2. The van der Waals surface area contributed by atoms with E-state index in [1.165, 1.54) is 11.1 Å². The number of hydrogen-bond donors (Lipinski definition) is 1. The van der Waals surface area contributed by atoms with E-state index in [0.29, 0.717) is 5.92 Å². The first kappa shape index (κ1) is 15.2. The predicted octanol–water partition coefficient (Wildman–Crippen LogP) is 3.28. The molecule has 2 amide bonds. The second-order valence-electron chi connectivity index (χ2n) is 5.61. The Labute approximate surface area is 126 Å². The minimum absolute atomic E-state index is 0.102. The molecule has 0 aromatic heterocycles. The van der Waals surface area contributed by atoms with Gasteiger partial charge in [0, 0.05) is 31.1 Å². The van der Waals surface area contributed by atoms with Crippen molar-refractivity contribution in [2.24, 2.45) is 5.92 Å². The Morgan fingerprint density at radius 3 is 2.80 bits per heavy atom. The van der Waals surface area contributed by atoms with Crippen LogP contribution in [0.2, 0.25) is 0 Å². The topological polar surface area (TPSA) is 32.3 Å². The van der Waals surface area contributed by atoms with Gasteiger partial charge in [-0.05, 0) is 24.8 Å². The van der Waals surface area contributed by atoms with Crippen molar-refractivity contribution in [2.75, 3.05) is 25.4 Å². The number of amides is 2. The predicted molar refractivity (Wildman–Crippen MR) is 86.1 cm³/mol. The van der Waals surface area contributed by atoms with E-state index in [-0.39, 0.29) is 6.03 Å². The maximum absolute atomic E-state index is 11.9. The summed E-state index contributed by atoms with van der Waals surface area (Å²) in [6.45, 7) is 6.86. The molecular formula is C16H24N2OS. The highest BCUT2D eigenvalue weighted by Crippen LogP contribution is 2.15. The van der Waals surface area contributed by atoms with Crippen molar-refractivity contribution in [3.05, 3.63) is 35.4 Å². The summed E-state index contributed by atoms with van der Waals surface area (Å²) in [6, 6.07) is 8.74. The third-order valence-corrected chi connectivity index (χ3v) is 4.65. The highest BCUT2D eigenvalue weighted by Gasteiger charge is 2.22. The zero-order valence-electron chi connectivity index (χ0n) is 12.4. The number of aryl methyl sites for hydroxylation is 1. The number of nitrogens with one attached hydrogen (secondary N) is 1. The quantitative estimate of drug-likeness (QED) is 0.845. The Hall–Kier alpha value is -1.16. The van der Waals surface area contributed by atoms with Gasteiger partial charge in [0.15, 0.2) is 0 Å². The van der Waals surface area contributed by atoms with Gasteiger partial charge in [0.05, 0.1) is 0 Å². The van der Waals surface area contributed by atoms with Crippen LogP contribution in [0.1, 0.15) is 24.5 Å². The summed E-state index contributed by atoms with van der Waals surface area (Å²) < 4.78 is 0. The molecule has 0 bridgehead atoms. The molecule has 1 atom stereocenters. The van der Waals surface area contributed by atoms with Crippen LogP contribution in [0.3, 0.4) is 0 Å². The standard InChI is InChI=1S/C16H24N2OS/c1-13-3-5-15(6-4-13)12-20-10-8-17-16(19)18-9-7-14(2)11-18/h3-6,14H,7-12H2,1-2H3,(H,17,19). The fraction of sp³-hybridized carbons (Fsp3) is 0.562. The van der Waals surface area contributed by atoms with Gasteiger partial charge in [-0.3, -0.25) is 0 Å². The maximum atomic E-state index is 11.9. The zero-order valence-corrected chi connectivity index (χ0v) is 13.2. The van der Waals surface area contributed by atoms with Crippen molar-refractivity contribution in [3.8, 4) is 0 Å². The molecule has 20 heavy (non-hydrogen) atoms. The number of carbonyl (C=O) groups is 1. The van der Waals surface area contributed by atoms with Gasteiger partial charge in [-0.1, -0.05) is 36.8 Å². The lowest BCUT2D eigenvalue weighted by molar-refractivity contribution is 0.208. The average molecular weight is 292 g/mol. The van der Waals surface area contributed by atoms with Gasteiger partial charge >= 0.3 is 6.03 Å². The molecule has 1 saturated heterocycles. The molecule has 1 aromatic carbocycles. The Balaban J connectivity index is 1.57. The highest BCUT2D eigenvalue weighted by molar-refractivity contribution is 7.98. The van der Waals surface area contributed by atoms with Crippen LogP contribution < -0.4 is 5.32 Å². The average Bonchev–Trinajstić information content (AvgIpc) is 2.87. The molecule has 1 unspecified atom stereocenters. The fourth-order valence-electron chi connectivity index (χ4n) is 2.34. The summed E-state index contributed by atoms with van der Waals surface area (Å²) in [5, 5.41) is 3.01. The number of carbonyl (C=O) groups excluding carboxylic acids is 1. The molecule has 4 heteroatoms. The Kier molecular flexibility index (Phi) is 5.77. The third kappa shape index (κ3) is 4.75. The van der Waals surface area contributed by atoms with E-state index in [1.54, 1.807) is 0 Å². The third-order valence-electron chi connectivity index (χ3n) is 3.62. The molecule has 1 fully saturated rings. The van der Waals surface area contributed by atoms with E-state index in [4.69, 9.17) is 0 Å². The van der Waals surface area contributed by atoms with Crippen LogP contribution in [0.4, 0.5) is 4.79 Å². The van der Waals surface area contributed by atoms with Gasteiger partial charge in [-0.25, -0.2) is 4.79 Å².